The number of ether oxygens (including phenoxy) is 1. The normalized spacial score (nSPS) is 13.1. The maximum atomic E-state index is 12.4. The van der Waals surface area contributed by atoms with E-state index in [9.17, 15) is 14.7 Å². The third-order valence-electron chi connectivity index (χ3n) is 4.03. The molecule has 2 rings (SSSR count). The number of aliphatic carboxylic acids is 1. The smallest absolute Gasteiger partial charge is 0.306 e. The van der Waals surface area contributed by atoms with Crippen LogP contribution in [0.5, 0.6) is 5.75 Å². The van der Waals surface area contributed by atoms with E-state index < -0.39 is 11.5 Å². The molecule has 1 unspecified atom stereocenters. The van der Waals surface area contributed by atoms with E-state index in [0.29, 0.717) is 17.7 Å². The molecule has 2 aromatic rings. The molecule has 0 bridgehead atoms. The average molecular weight is 345 g/mol. The number of aromatic nitrogens is 2. The molecule has 7 nitrogen and oxygen atoms in total. The number of carbonyl (C=O) groups excluding carboxylic acids is 1. The summed E-state index contributed by atoms with van der Waals surface area (Å²) in [5.74, 6) is -0.591. The molecule has 0 fully saturated rings. The predicted octanol–water partition coefficient (Wildman–Crippen LogP) is 1.87. The lowest BCUT2D eigenvalue weighted by molar-refractivity contribution is -0.139. The average Bonchev–Trinajstić information content (AvgIpc) is 2.97. The highest BCUT2D eigenvalue weighted by Crippen LogP contribution is 2.28. The summed E-state index contributed by atoms with van der Waals surface area (Å²) in [4.78, 5) is 23.7. The lowest BCUT2D eigenvalue weighted by atomic mass is 9.88. The number of methoxy groups -OCH3 is 1. The molecule has 1 aromatic carbocycles. The van der Waals surface area contributed by atoms with Crippen LogP contribution >= 0.6 is 0 Å². The van der Waals surface area contributed by atoms with Gasteiger partial charge in [0.25, 0.3) is 0 Å². The van der Waals surface area contributed by atoms with E-state index in [2.05, 4.69) is 10.4 Å². The van der Waals surface area contributed by atoms with Crippen molar-refractivity contribution in [3.8, 4) is 5.75 Å². The summed E-state index contributed by atoms with van der Waals surface area (Å²) in [5.41, 5.74) is 0.620. The van der Waals surface area contributed by atoms with E-state index in [1.165, 1.54) is 0 Å². The lowest BCUT2D eigenvalue weighted by Gasteiger charge is -2.30. The topological polar surface area (TPSA) is 93.4 Å². The summed E-state index contributed by atoms with van der Waals surface area (Å²) in [5, 5.41) is 16.2. The number of hydrogen-bond donors (Lipinski definition) is 2. The van der Waals surface area contributed by atoms with E-state index in [4.69, 9.17) is 4.74 Å². The van der Waals surface area contributed by atoms with Crippen molar-refractivity contribution in [1.82, 2.24) is 15.1 Å². The highest BCUT2D eigenvalue weighted by molar-refractivity contribution is 5.79. The van der Waals surface area contributed by atoms with Gasteiger partial charge in [0.05, 0.1) is 25.3 Å². The van der Waals surface area contributed by atoms with Gasteiger partial charge in [-0.25, -0.2) is 0 Å². The molecule has 0 aliphatic carbocycles. The fourth-order valence-corrected chi connectivity index (χ4v) is 2.72. The summed E-state index contributed by atoms with van der Waals surface area (Å²) in [6.07, 6.45) is 4.14. The van der Waals surface area contributed by atoms with Gasteiger partial charge in [0.15, 0.2) is 0 Å². The van der Waals surface area contributed by atoms with E-state index in [1.807, 2.05) is 13.2 Å². The van der Waals surface area contributed by atoms with Crippen molar-refractivity contribution in [1.29, 1.82) is 0 Å². The highest BCUT2D eigenvalue weighted by atomic mass is 16.5. The van der Waals surface area contributed by atoms with Gasteiger partial charge in [0.2, 0.25) is 5.91 Å². The summed E-state index contributed by atoms with van der Waals surface area (Å²) in [6.45, 7) is 1.71. The molecule has 0 spiro atoms. The molecule has 0 aliphatic rings. The van der Waals surface area contributed by atoms with Crippen molar-refractivity contribution >= 4 is 11.9 Å². The monoisotopic (exact) mass is 345 g/mol. The lowest BCUT2D eigenvalue weighted by Crippen LogP contribution is -2.45. The van der Waals surface area contributed by atoms with Gasteiger partial charge >= 0.3 is 5.97 Å². The molecule has 1 atom stereocenters. The minimum Gasteiger partial charge on any atom is -0.497 e. The van der Waals surface area contributed by atoms with Crippen molar-refractivity contribution in [3.05, 3.63) is 47.8 Å². The van der Waals surface area contributed by atoms with Gasteiger partial charge in [-0.15, -0.1) is 0 Å². The van der Waals surface area contributed by atoms with Gasteiger partial charge in [0, 0.05) is 19.7 Å². The van der Waals surface area contributed by atoms with E-state index in [1.54, 1.807) is 49.2 Å². The Bertz CT molecular complexity index is 756. The summed E-state index contributed by atoms with van der Waals surface area (Å²) in [6, 6.07) is 7.07. The van der Waals surface area contributed by atoms with Crippen LogP contribution < -0.4 is 10.1 Å². The Morgan fingerprint density at radius 3 is 2.76 bits per heavy atom. The molecule has 1 aromatic heterocycles. The van der Waals surface area contributed by atoms with Crippen LogP contribution in [0.4, 0.5) is 0 Å². The zero-order chi connectivity index (χ0) is 18.4. The van der Waals surface area contributed by atoms with Gasteiger partial charge in [-0.05, 0) is 36.6 Å². The zero-order valence-electron chi connectivity index (χ0n) is 14.7. The first-order chi connectivity index (χ1) is 11.8. The summed E-state index contributed by atoms with van der Waals surface area (Å²) >= 11 is 0. The fraction of sp³-hybridized carbons (Fsp3) is 0.389. The molecular weight excluding hydrogens is 322 g/mol. The molecular formula is C18H23N3O4. The van der Waals surface area contributed by atoms with Crippen molar-refractivity contribution in [3.63, 3.8) is 0 Å². The van der Waals surface area contributed by atoms with E-state index in [0.717, 1.165) is 5.56 Å². The number of carbonyl (C=O) groups is 2. The maximum Gasteiger partial charge on any atom is 0.306 e. The van der Waals surface area contributed by atoms with Crippen molar-refractivity contribution in [2.45, 2.75) is 31.7 Å². The van der Waals surface area contributed by atoms with Crippen LogP contribution in [-0.4, -0.2) is 33.9 Å². The molecule has 1 amide bonds. The van der Waals surface area contributed by atoms with Crippen LogP contribution in [0.3, 0.4) is 0 Å². The Morgan fingerprint density at radius 2 is 2.16 bits per heavy atom. The summed E-state index contributed by atoms with van der Waals surface area (Å²) in [7, 11) is 3.36. The number of amides is 1. The second-order valence-electron chi connectivity index (χ2n) is 6.21. The third-order valence-corrected chi connectivity index (χ3v) is 4.03. The number of carboxylic acids is 1. The quantitative estimate of drug-likeness (QED) is 0.762. The first-order valence-electron chi connectivity index (χ1n) is 7.97. The first-order valence-corrected chi connectivity index (χ1v) is 7.97. The van der Waals surface area contributed by atoms with Crippen LogP contribution in [-0.2, 0) is 28.6 Å². The second-order valence-corrected chi connectivity index (χ2v) is 6.21. The van der Waals surface area contributed by atoms with Crippen LogP contribution in [0.25, 0.3) is 0 Å². The van der Waals surface area contributed by atoms with Gasteiger partial charge in [0.1, 0.15) is 5.75 Å². The van der Waals surface area contributed by atoms with Crippen LogP contribution in [0.15, 0.2) is 36.7 Å². The minimum absolute atomic E-state index is 0.213. The molecule has 2 N–H and O–H groups in total. The number of nitrogens with zero attached hydrogens (tertiary/aromatic N) is 2. The molecule has 25 heavy (non-hydrogen) atoms. The van der Waals surface area contributed by atoms with E-state index in [-0.39, 0.29) is 18.7 Å². The Hall–Kier alpha value is -2.83. The van der Waals surface area contributed by atoms with Gasteiger partial charge in [-0.1, -0.05) is 12.1 Å². The Balaban J connectivity index is 2.12. The molecule has 7 heteroatoms. The van der Waals surface area contributed by atoms with E-state index >= 15 is 0 Å². The minimum atomic E-state index is -1.02. The number of hydrogen-bond acceptors (Lipinski definition) is 4. The molecule has 1 heterocycles. The van der Waals surface area contributed by atoms with Crippen molar-refractivity contribution < 1.29 is 19.4 Å². The van der Waals surface area contributed by atoms with Crippen LogP contribution in [0.2, 0.25) is 0 Å². The molecule has 0 radical (unpaired) electrons. The largest absolute Gasteiger partial charge is 0.497 e. The Labute approximate surface area is 146 Å². The second kappa shape index (κ2) is 7.83. The van der Waals surface area contributed by atoms with Gasteiger partial charge < -0.3 is 15.2 Å². The number of benzene rings is 1. The number of carboxylic acid groups (broad SMARTS) is 1. The Morgan fingerprint density at radius 1 is 1.40 bits per heavy atom. The number of nitrogens with one attached hydrogen (secondary N) is 1. The predicted molar refractivity (Wildman–Crippen MR) is 92.3 cm³/mol. The van der Waals surface area contributed by atoms with Crippen LogP contribution in [0.1, 0.15) is 30.9 Å². The molecule has 0 aliphatic heterocycles. The standard InChI is InChI=1S/C18H23N3O4/c1-18(10-17(23)24,14-5-4-6-15(9-14)25-3)20-16(22)8-7-13-11-19-21(2)12-13/h4-6,9,11-12H,7-8,10H2,1-3H3,(H,20,22)(H,23,24). The molecule has 0 saturated heterocycles. The Kier molecular flexibility index (Phi) is 5.80. The molecule has 134 valence electrons. The van der Waals surface area contributed by atoms with Crippen molar-refractivity contribution in [2.24, 2.45) is 7.05 Å². The maximum absolute atomic E-state index is 12.4. The number of aryl methyl sites for hydroxylation is 2. The highest BCUT2D eigenvalue weighted by Gasteiger charge is 2.31. The summed E-state index contributed by atoms with van der Waals surface area (Å²) < 4.78 is 6.88. The van der Waals surface area contributed by atoms with Crippen molar-refractivity contribution in [2.75, 3.05) is 7.11 Å². The van der Waals surface area contributed by atoms with Gasteiger partial charge in [-0.2, -0.15) is 5.10 Å². The van der Waals surface area contributed by atoms with Crippen LogP contribution in [0, 0.1) is 0 Å². The fourth-order valence-electron chi connectivity index (χ4n) is 2.72. The molecule has 0 saturated carbocycles. The SMILES string of the molecule is COc1cccc(C(C)(CC(=O)O)NC(=O)CCc2cnn(C)c2)c1. The third kappa shape index (κ3) is 5.07. The number of rotatable bonds is 8. The first kappa shape index (κ1) is 18.5. The van der Waals surface area contributed by atoms with Gasteiger partial charge in [-0.3, -0.25) is 14.3 Å². The zero-order valence-corrected chi connectivity index (χ0v) is 14.7.